The van der Waals surface area contributed by atoms with Crippen molar-refractivity contribution in [3.63, 3.8) is 0 Å². The first kappa shape index (κ1) is 64.0. The summed E-state index contributed by atoms with van der Waals surface area (Å²) in [5.41, 5.74) is 2.74. The van der Waals surface area contributed by atoms with Gasteiger partial charge in [-0.15, -0.1) is 0 Å². The van der Waals surface area contributed by atoms with E-state index in [1.54, 1.807) is 13.8 Å². The molecule has 4 aromatic carbocycles. The van der Waals surface area contributed by atoms with E-state index in [2.05, 4.69) is 62.4 Å². The summed E-state index contributed by atoms with van der Waals surface area (Å²) in [5, 5.41) is 31.8. The number of carbonyl (C=O) groups excluding carboxylic acids is 4. The van der Waals surface area contributed by atoms with Crippen LogP contribution in [0, 0.1) is 23.3 Å². The number of amides is 2. The molecule has 4 N–H and O–H groups in total. The third kappa shape index (κ3) is 17.1. The normalized spacial score (nSPS) is 12.8. The van der Waals surface area contributed by atoms with Gasteiger partial charge in [-0.25, -0.2) is 26.9 Å². The molecule has 2 aromatic heterocycles. The number of ketones is 2. The van der Waals surface area contributed by atoms with Crippen LogP contribution in [-0.2, 0) is 52.7 Å². The first-order chi connectivity index (χ1) is 38.7. The number of aromatic nitrogens is 4. The van der Waals surface area contributed by atoms with Gasteiger partial charge in [0, 0.05) is 23.5 Å². The molecular weight excluding hydrogens is 1070 g/mol. The molecule has 0 saturated heterocycles. The number of para-hydroxylation sites is 2. The number of halogens is 4. The molecule has 0 radical (unpaired) electrons. The number of benzene rings is 4. The second kappa shape index (κ2) is 28.5. The summed E-state index contributed by atoms with van der Waals surface area (Å²) in [6.45, 7) is 14.2. The number of hydrogen-bond donors (Lipinski definition) is 4. The number of hydrogen-bond acceptors (Lipinski definition) is 12. The largest absolute Gasteiger partial charge is 0.481 e. The van der Waals surface area contributed by atoms with Gasteiger partial charge >= 0.3 is 11.9 Å². The summed E-state index contributed by atoms with van der Waals surface area (Å²) in [7, 11) is 0. The molecule has 0 saturated carbocycles. The highest BCUT2D eigenvalue weighted by Gasteiger charge is 2.32. The van der Waals surface area contributed by atoms with Crippen molar-refractivity contribution in [2.24, 2.45) is 0 Å². The van der Waals surface area contributed by atoms with Gasteiger partial charge in [-0.05, 0) is 82.3 Å². The summed E-state index contributed by atoms with van der Waals surface area (Å²) in [4.78, 5) is 102. The van der Waals surface area contributed by atoms with Crippen LogP contribution in [0.15, 0.2) is 119 Å². The summed E-state index contributed by atoms with van der Waals surface area (Å²) >= 11 is 0. The highest BCUT2D eigenvalue weighted by molar-refractivity contribution is 5.95. The van der Waals surface area contributed by atoms with Gasteiger partial charge in [0.05, 0.1) is 37.8 Å². The fourth-order valence-corrected chi connectivity index (χ4v) is 9.00. The lowest BCUT2D eigenvalue weighted by Crippen LogP contribution is -2.46. The lowest BCUT2D eigenvalue weighted by Gasteiger charge is -2.23. The molecule has 0 aliphatic carbocycles. The van der Waals surface area contributed by atoms with E-state index in [0.29, 0.717) is 0 Å². The molecular formula is C60H66F4N6O12. The van der Waals surface area contributed by atoms with Crippen molar-refractivity contribution in [3.8, 4) is 11.5 Å². The molecule has 0 fully saturated rings. The maximum Gasteiger partial charge on any atom is 0.305 e. The molecule has 82 heavy (non-hydrogen) atoms. The second-order valence-electron chi connectivity index (χ2n) is 21.2. The van der Waals surface area contributed by atoms with Gasteiger partial charge in [0.1, 0.15) is 25.3 Å². The quantitative estimate of drug-likeness (QED) is 0.0420. The molecule has 6 aromatic rings. The molecule has 436 valence electrons. The molecule has 0 spiro atoms. The van der Waals surface area contributed by atoms with E-state index in [1.807, 2.05) is 48.5 Å². The maximum atomic E-state index is 13.9. The lowest BCUT2D eigenvalue weighted by atomic mass is 9.84. The summed E-state index contributed by atoms with van der Waals surface area (Å²) in [6.07, 6.45) is 1.54. The van der Waals surface area contributed by atoms with E-state index in [9.17, 15) is 66.1 Å². The summed E-state index contributed by atoms with van der Waals surface area (Å²) < 4.78 is 67.9. The van der Waals surface area contributed by atoms with Crippen LogP contribution >= 0.6 is 0 Å². The average Bonchev–Trinajstić information content (AvgIpc) is 3.61. The van der Waals surface area contributed by atoms with Crippen molar-refractivity contribution in [2.75, 3.05) is 13.2 Å². The fourth-order valence-electron chi connectivity index (χ4n) is 9.00. The Kier molecular flexibility index (Phi) is 22.3. The monoisotopic (exact) mass is 1140 g/mol. The van der Waals surface area contributed by atoms with Crippen molar-refractivity contribution in [1.29, 1.82) is 0 Å². The highest BCUT2D eigenvalue weighted by atomic mass is 19.1. The van der Waals surface area contributed by atoms with Crippen LogP contribution in [0.4, 0.5) is 17.6 Å². The molecule has 2 heterocycles. The number of rotatable bonds is 24. The van der Waals surface area contributed by atoms with E-state index in [0.717, 1.165) is 58.7 Å². The van der Waals surface area contributed by atoms with Gasteiger partial charge in [0.2, 0.25) is 11.8 Å². The third-order valence-electron chi connectivity index (χ3n) is 13.1. The first-order valence-corrected chi connectivity index (χ1v) is 26.2. The Morgan fingerprint density at radius 3 is 1.16 bits per heavy atom. The van der Waals surface area contributed by atoms with E-state index < -0.39 is 131 Å². The van der Waals surface area contributed by atoms with Gasteiger partial charge in [-0.1, -0.05) is 116 Å². The molecule has 0 aliphatic rings. The van der Waals surface area contributed by atoms with Gasteiger partial charge in [-0.3, -0.25) is 38.4 Å². The standard InChI is InChI=1S/2C30H33F2N3O6/c2*1-5-19(20-13-14-33-35(29(20)40)16-18-9-6-7-10-21(18)30(2,3)4)28(39)34-24(15-26(37)38)25(36)17-41-27-22(31)11-8-12-23(27)32/h2*6-14,19,24H,5,15-17H2,1-4H3,(H,34,39)(H,37,38)/t19-,24+;19-,24-/m10/s1. The van der Waals surface area contributed by atoms with Gasteiger partial charge in [-0.2, -0.15) is 10.2 Å². The SMILES string of the molecule is CC[C@@H](C(=O)N[C@@H](CC(=O)O)C(=O)COc1c(F)cccc1F)c1ccnn(Cc2ccccc2C(C)(C)C)c1=O.CC[C@H](C(=O)N[C@@H](CC(=O)O)C(=O)COc1c(F)cccc1F)c1ccnn(Cc2ccccc2C(C)(C)C)c1=O. The van der Waals surface area contributed by atoms with E-state index in [-0.39, 0.29) is 47.9 Å². The number of nitrogens with one attached hydrogen (secondary N) is 2. The average molecular weight is 1140 g/mol. The summed E-state index contributed by atoms with van der Waals surface area (Å²) in [5.74, 6) is -13.9. The highest BCUT2D eigenvalue weighted by Crippen LogP contribution is 2.29. The van der Waals surface area contributed by atoms with E-state index in [4.69, 9.17) is 9.47 Å². The van der Waals surface area contributed by atoms with Crippen molar-refractivity contribution in [1.82, 2.24) is 30.2 Å². The number of Topliss-reactive ketones (excluding diaryl/α,β-unsaturated/α-hetero) is 2. The number of carbonyl (C=O) groups is 6. The Bertz CT molecular complexity index is 3150. The van der Waals surface area contributed by atoms with Crippen LogP contribution in [-0.4, -0.2) is 90.4 Å². The van der Waals surface area contributed by atoms with Gasteiger partial charge in [0.15, 0.2) is 46.3 Å². The minimum Gasteiger partial charge on any atom is -0.481 e. The third-order valence-corrected chi connectivity index (χ3v) is 13.1. The molecule has 2 amide bonds. The number of ether oxygens (including phenoxy) is 2. The Labute approximate surface area is 470 Å². The number of aliphatic carboxylic acids is 2. The lowest BCUT2D eigenvalue weighted by molar-refractivity contribution is -0.141. The van der Waals surface area contributed by atoms with Gasteiger partial charge in [0.25, 0.3) is 11.1 Å². The molecule has 0 bridgehead atoms. The minimum atomic E-state index is -1.56. The maximum absolute atomic E-state index is 13.9. The first-order valence-electron chi connectivity index (χ1n) is 26.2. The van der Waals surface area contributed by atoms with Crippen molar-refractivity contribution >= 4 is 35.3 Å². The zero-order valence-corrected chi connectivity index (χ0v) is 46.6. The van der Waals surface area contributed by atoms with Crippen LogP contribution < -0.4 is 31.2 Å². The molecule has 6 rings (SSSR count). The Morgan fingerprint density at radius 1 is 0.524 bits per heavy atom. The van der Waals surface area contributed by atoms with Crippen LogP contribution in [0.2, 0.25) is 0 Å². The van der Waals surface area contributed by atoms with E-state index in [1.165, 1.54) is 33.9 Å². The predicted octanol–water partition coefficient (Wildman–Crippen LogP) is 7.94. The Hall–Kier alpha value is -8.82. The molecule has 18 nitrogen and oxygen atoms in total. The zero-order chi connectivity index (χ0) is 60.6. The van der Waals surface area contributed by atoms with Crippen molar-refractivity contribution in [2.45, 2.75) is 129 Å². The van der Waals surface area contributed by atoms with Crippen LogP contribution in [0.5, 0.6) is 11.5 Å². The minimum absolute atomic E-state index is 0.124. The smallest absolute Gasteiger partial charge is 0.305 e. The van der Waals surface area contributed by atoms with Crippen molar-refractivity contribution < 1.29 is 66.0 Å². The van der Waals surface area contributed by atoms with Gasteiger partial charge < -0.3 is 30.3 Å². The fraction of sp³-hybridized carbons (Fsp3) is 0.367. The zero-order valence-electron chi connectivity index (χ0n) is 46.6. The number of carboxylic acids is 2. The molecule has 4 atom stereocenters. The van der Waals surface area contributed by atoms with Crippen LogP contribution in [0.3, 0.4) is 0 Å². The van der Waals surface area contributed by atoms with E-state index >= 15 is 0 Å². The Balaban J connectivity index is 0.000000301. The topological polar surface area (TPSA) is 255 Å². The molecule has 0 aliphatic heterocycles. The van der Waals surface area contributed by atoms with Crippen molar-refractivity contribution in [3.05, 3.63) is 187 Å². The summed E-state index contributed by atoms with van der Waals surface area (Å²) in [6, 6.07) is 21.0. The molecule has 0 unspecified atom stereocenters. The number of nitrogens with zero attached hydrogens (tertiary/aromatic N) is 4. The van der Waals surface area contributed by atoms with Crippen LogP contribution in [0.1, 0.15) is 126 Å². The Morgan fingerprint density at radius 2 is 0.854 bits per heavy atom. The van der Waals surface area contributed by atoms with Crippen LogP contribution in [0.25, 0.3) is 0 Å². The number of carboxylic acid groups (broad SMARTS) is 2. The second-order valence-corrected chi connectivity index (χ2v) is 21.2. The molecule has 22 heteroatoms. The predicted molar refractivity (Wildman–Crippen MR) is 294 cm³/mol.